The average molecular weight is 302 g/mol. The van der Waals surface area contributed by atoms with Gasteiger partial charge >= 0.3 is 0 Å². The summed E-state index contributed by atoms with van der Waals surface area (Å²) in [4.78, 5) is 14.1. The molecule has 1 amide bonds. The van der Waals surface area contributed by atoms with Gasteiger partial charge in [-0.3, -0.25) is 9.36 Å². The lowest BCUT2D eigenvalue weighted by Crippen LogP contribution is -2.36. The maximum atomic E-state index is 12.2. The third-order valence-electron chi connectivity index (χ3n) is 3.58. The van der Waals surface area contributed by atoms with E-state index in [0.29, 0.717) is 5.75 Å². The number of carbonyl (C=O) groups excluding carboxylic acids is 1. The van der Waals surface area contributed by atoms with Gasteiger partial charge in [-0.05, 0) is 31.4 Å². The van der Waals surface area contributed by atoms with Crippen molar-refractivity contribution in [1.29, 1.82) is 0 Å². The molecule has 1 aromatic heterocycles. The second-order valence-corrected chi connectivity index (χ2v) is 5.99. The van der Waals surface area contributed by atoms with Gasteiger partial charge < -0.3 is 4.90 Å². The van der Waals surface area contributed by atoms with E-state index in [4.69, 9.17) is 0 Å². The Hall–Kier alpha value is -1.82. The van der Waals surface area contributed by atoms with Crippen molar-refractivity contribution in [3.05, 3.63) is 36.7 Å². The molecule has 5 nitrogen and oxygen atoms in total. The predicted octanol–water partition coefficient (Wildman–Crippen LogP) is 2.37. The van der Waals surface area contributed by atoms with Crippen LogP contribution >= 0.6 is 11.8 Å². The Kier molecular flexibility index (Phi) is 4.55. The van der Waals surface area contributed by atoms with Crippen molar-refractivity contribution >= 4 is 17.7 Å². The Balaban J connectivity index is 1.63. The first-order chi connectivity index (χ1) is 10.3. The SMILES string of the molecule is O=C(CSc1nncn1-c1ccccc1)N1CCCCC1. The predicted molar refractivity (Wildman–Crippen MR) is 82.5 cm³/mol. The zero-order chi connectivity index (χ0) is 14.5. The molecule has 1 aliphatic heterocycles. The molecule has 2 aromatic rings. The first-order valence-corrected chi connectivity index (χ1v) is 8.19. The number of nitrogens with zero attached hydrogens (tertiary/aromatic N) is 4. The number of hydrogen-bond acceptors (Lipinski definition) is 4. The number of rotatable bonds is 4. The molecule has 1 aromatic carbocycles. The van der Waals surface area contributed by atoms with Gasteiger partial charge in [0.15, 0.2) is 5.16 Å². The van der Waals surface area contributed by atoms with Gasteiger partial charge in [-0.25, -0.2) is 0 Å². The van der Waals surface area contributed by atoms with Crippen molar-refractivity contribution in [2.75, 3.05) is 18.8 Å². The van der Waals surface area contributed by atoms with Crippen LogP contribution in [0.5, 0.6) is 0 Å². The first-order valence-electron chi connectivity index (χ1n) is 7.20. The molecule has 0 aliphatic carbocycles. The Bertz CT molecular complexity index is 593. The Morgan fingerprint density at radius 2 is 1.90 bits per heavy atom. The zero-order valence-electron chi connectivity index (χ0n) is 11.8. The normalized spacial score (nSPS) is 15.1. The number of carbonyl (C=O) groups is 1. The lowest BCUT2D eigenvalue weighted by atomic mass is 10.1. The van der Waals surface area contributed by atoms with Gasteiger partial charge in [-0.15, -0.1) is 10.2 Å². The zero-order valence-corrected chi connectivity index (χ0v) is 12.6. The summed E-state index contributed by atoms with van der Waals surface area (Å²) in [6, 6.07) is 9.92. The number of amides is 1. The summed E-state index contributed by atoms with van der Waals surface area (Å²) in [5, 5.41) is 8.83. The minimum Gasteiger partial charge on any atom is -0.342 e. The molecule has 0 spiro atoms. The van der Waals surface area contributed by atoms with Crippen LogP contribution in [0.3, 0.4) is 0 Å². The number of likely N-dealkylation sites (tertiary alicyclic amines) is 1. The molecule has 1 fully saturated rings. The summed E-state index contributed by atoms with van der Waals surface area (Å²) in [7, 11) is 0. The minimum absolute atomic E-state index is 0.197. The summed E-state index contributed by atoms with van der Waals surface area (Å²) in [5.41, 5.74) is 1.01. The molecular weight excluding hydrogens is 284 g/mol. The van der Waals surface area contributed by atoms with Crippen LogP contribution in [-0.2, 0) is 4.79 Å². The summed E-state index contributed by atoms with van der Waals surface area (Å²) in [5.74, 6) is 0.619. The Labute approximate surface area is 128 Å². The number of piperidine rings is 1. The summed E-state index contributed by atoms with van der Waals surface area (Å²) < 4.78 is 1.91. The molecular formula is C15H18N4OS. The van der Waals surface area contributed by atoms with E-state index >= 15 is 0 Å². The van der Waals surface area contributed by atoms with E-state index in [1.165, 1.54) is 18.2 Å². The van der Waals surface area contributed by atoms with Crippen molar-refractivity contribution in [1.82, 2.24) is 19.7 Å². The van der Waals surface area contributed by atoms with E-state index in [9.17, 15) is 4.79 Å². The van der Waals surface area contributed by atoms with Gasteiger partial charge in [0.2, 0.25) is 5.91 Å². The second-order valence-electron chi connectivity index (χ2n) is 5.05. The minimum atomic E-state index is 0.197. The molecule has 0 atom stereocenters. The molecule has 0 radical (unpaired) electrons. The fraction of sp³-hybridized carbons (Fsp3) is 0.400. The Morgan fingerprint density at radius 3 is 2.67 bits per heavy atom. The monoisotopic (exact) mass is 302 g/mol. The molecule has 0 unspecified atom stereocenters. The van der Waals surface area contributed by atoms with Gasteiger partial charge in [0, 0.05) is 18.8 Å². The van der Waals surface area contributed by atoms with Crippen molar-refractivity contribution in [3.63, 3.8) is 0 Å². The molecule has 0 saturated carbocycles. The summed E-state index contributed by atoms with van der Waals surface area (Å²) >= 11 is 1.45. The van der Waals surface area contributed by atoms with Gasteiger partial charge in [0.1, 0.15) is 6.33 Å². The van der Waals surface area contributed by atoms with E-state index in [0.717, 1.165) is 36.8 Å². The van der Waals surface area contributed by atoms with Crippen molar-refractivity contribution < 1.29 is 4.79 Å². The number of aromatic nitrogens is 3. The molecule has 6 heteroatoms. The number of benzene rings is 1. The third-order valence-corrected chi connectivity index (χ3v) is 4.51. The largest absolute Gasteiger partial charge is 0.342 e. The molecule has 2 heterocycles. The highest BCUT2D eigenvalue weighted by molar-refractivity contribution is 7.99. The highest BCUT2D eigenvalue weighted by Crippen LogP contribution is 2.20. The van der Waals surface area contributed by atoms with Crippen LogP contribution < -0.4 is 0 Å². The average Bonchev–Trinajstić information content (AvgIpc) is 3.03. The fourth-order valence-corrected chi connectivity index (χ4v) is 3.28. The maximum Gasteiger partial charge on any atom is 0.233 e. The van der Waals surface area contributed by atoms with Crippen LogP contribution in [-0.4, -0.2) is 44.4 Å². The molecule has 110 valence electrons. The standard InChI is InChI=1S/C15H18N4OS/c20-14(18-9-5-2-6-10-18)11-21-15-17-16-12-19(15)13-7-3-1-4-8-13/h1,3-4,7-8,12H,2,5-6,9-11H2. The van der Waals surface area contributed by atoms with Gasteiger partial charge in [0.25, 0.3) is 0 Å². The van der Waals surface area contributed by atoms with E-state index in [1.807, 2.05) is 39.8 Å². The molecule has 1 saturated heterocycles. The summed E-state index contributed by atoms with van der Waals surface area (Å²) in [6.07, 6.45) is 5.16. The number of para-hydroxylation sites is 1. The van der Waals surface area contributed by atoms with Crippen molar-refractivity contribution in [2.45, 2.75) is 24.4 Å². The first kappa shape index (κ1) is 14.1. The number of thioether (sulfide) groups is 1. The highest BCUT2D eigenvalue weighted by atomic mass is 32.2. The topological polar surface area (TPSA) is 51.0 Å². The maximum absolute atomic E-state index is 12.2. The summed E-state index contributed by atoms with van der Waals surface area (Å²) in [6.45, 7) is 1.79. The highest BCUT2D eigenvalue weighted by Gasteiger charge is 2.17. The van der Waals surface area contributed by atoms with E-state index in [-0.39, 0.29) is 5.91 Å². The van der Waals surface area contributed by atoms with Crippen LogP contribution in [0.25, 0.3) is 5.69 Å². The van der Waals surface area contributed by atoms with E-state index < -0.39 is 0 Å². The molecule has 21 heavy (non-hydrogen) atoms. The third kappa shape index (κ3) is 3.44. The molecule has 0 bridgehead atoms. The van der Waals surface area contributed by atoms with Crippen molar-refractivity contribution in [3.8, 4) is 5.69 Å². The van der Waals surface area contributed by atoms with Crippen LogP contribution in [0, 0.1) is 0 Å². The smallest absolute Gasteiger partial charge is 0.233 e. The number of hydrogen-bond donors (Lipinski definition) is 0. The van der Waals surface area contributed by atoms with Gasteiger partial charge in [0.05, 0.1) is 5.75 Å². The Morgan fingerprint density at radius 1 is 1.14 bits per heavy atom. The van der Waals surface area contributed by atoms with E-state index in [1.54, 1.807) is 6.33 Å². The van der Waals surface area contributed by atoms with Crippen LogP contribution in [0.15, 0.2) is 41.8 Å². The lowest BCUT2D eigenvalue weighted by molar-refractivity contribution is -0.129. The van der Waals surface area contributed by atoms with Gasteiger partial charge in [-0.1, -0.05) is 30.0 Å². The lowest BCUT2D eigenvalue weighted by Gasteiger charge is -2.26. The molecule has 1 aliphatic rings. The van der Waals surface area contributed by atoms with Crippen LogP contribution in [0.2, 0.25) is 0 Å². The molecule has 3 rings (SSSR count). The van der Waals surface area contributed by atoms with Gasteiger partial charge in [-0.2, -0.15) is 0 Å². The van der Waals surface area contributed by atoms with Crippen molar-refractivity contribution in [2.24, 2.45) is 0 Å². The van der Waals surface area contributed by atoms with Crippen LogP contribution in [0.4, 0.5) is 0 Å². The van der Waals surface area contributed by atoms with E-state index in [2.05, 4.69) is 10.2 Å². The fourth-order valence-electron chi connectivity index (χ4n) is 2.45. The molecule has 0 N–H and O–H groups in total. The quantitative estimate of drug-likeness (QED) is 0.814. The second kappa shape index (κ2) is 6.76. The van der Waals surface area contributed by atoms with Crippen LogP contribution in [0.1, 0.15) is 19.3 Å².